The van der Waals surface area contributed by atoms with E-state index in [9.17, 15) is 4.79 Å². The van der Waals surface area contributed by atoms with Gasteiger partial charge in [0.05, 0.1) is 5.69 Å². The van der Waals surface area contributed by atoms with Crippen LogP contribution in [0.4, 0.5) is 0 Å². The number of pyridine rings is 1. The fourth-order valence-corrected chi connectivity index (χ4v) is 2.49. The molecule has 0 atom stereocenters. The highest BCUT2D eigenvalue weighted by Gasteiger charge is 2.38. The molecule has 1 aliphatic carbocycles. The lowest BCUT2D eigenvalue weighted by molar-refractivity contribution is 0.0597. The van der Waals surface area contributed by atoms with Crippen molar-refractivity contribution in [3.05, 3.63) is 29.6 Å². The van der Waals surface area contributed by atoms with Crippen molar-refractivity contribution in [1.82, 2.24) is 15.2 Å². The first-order valence-corrected chi connectivity index (χ1v) is 6.61. The molecule has 0 saturated heterocycles. The minimum Gasteiger partial charge on any atom is -0.477 e. The molecule has 1 aromatic heterocycles. The average molecular weight is 263 g/mol. The molecule has 104 valence electrons. The molecule has 0 spiro atoms. The number of rotatable bonds is 6. The maximum absolute atomic E-state index is 10.8. The van der Waals surface area contributed by atoms with E-state index in [0.717, 1.165) is 12.2 Å². The lowest BCUT2D eigenvalue weighted by atomic mass is 9.75. The molecule has 0 bridgehead atoms. The summed E-state index contributed by atoms with van der Waals surface area (Å²) in [7, 11) is 4.23. The Bertz CT molecular complexity index is 456. The highest BCUT2D eigenvalue weighted by Crippen LogP contribution is 2.35. The zero-order valence-electron chi connectivity index (χ0n) is 11.5. The Labute approximate surface area is 113 Å². The van der Waals surface area contributed by atoms with Crippen molar-refractivity contribution < 1.29 is 9.90 Å². The van der Waals surface area contributed by atoms with E-state index in [1.54, 1.807) is 6.07 Å². The van der Waals surface area contributed by atoms with Gasteiger partial charge < -0.3 is 15.3 Å². The summed E-state index contributed by atoms with van der Waals surface area (Å²) in [6.07, 6.45) is 3.72. The van der Waals surface area contributed by atoms with Crippen molar-refractivity contribution in [2.75, 3.05) is 20.6 Å². The number of aromatic carboxylic acids is 1. The summed E-state index contributed by atoms with van der Waals surface area (Å²) >= 11 is 0. The van der Waals surface area contributed by atoms with Gasteiger partial charge in [-0.1, -0.05) is 6.07 Å². The number of aromatic nitrogens is 1. The summed E-state index contributed by atoms with van der Waals surface area (Å²) in [4.78, 5) is 17.2. The van der Waals surface area contributed by atoms with Gasteiger partial charge in [-0.2, -0.15) is 0 Å². The number of carboxylic acid groups (broad SMARTS) is 1. The van der Waals surface area contributed by atoms with Crippen LogP contribution in [-0.2, 0) is 6.54 Å². The predicted octanol–water partition coefficient (Wildman–Crippen LogP) is 1.35. The topological polar surface area (TPSA) is 65.5 Å². The van der Waals surface area contributed by atoms with Crippen LogP contribution in [0.5, 0.6) is 0 Å². The van der Waals surface area contributed by atoms with Gasteiger partial charge in [0.2, 0.25) is 0 Å². The Balaban J connectivity index is 1.89. The van der Waals surface area contributed by atoms with E-state index in [-0.39, 0.29) is 11.2 Å². The highest BCUT2D eigenvalue weighted by atomic mass is 16.4. The molecule has 0 aliphatic heterocycles. The first-order valence-electron chi connectivity index (χ1n) is 6.61. The second-order valence-corrected chi connectivity index (χ2v) is 5.40. The van der Waals surface area contributed by atoms with E-state index < -0.39 is 5.97 Å². The second-order valence-electron chi connectivity index (χ2n) is 5.40. The van der Waals surface area contributed by atoms with Crippen molar-refractivity contribution in [3.63, 3.8) is 0 Å². The Morgan fingerprint density at radius 1 is 1.47 bits per heavy atom. The van der Waals surface area contributed by atoms with Crippen LogP contribution in [0.15, 0.2) is 18.2 Å². The van der Waals surface area contributed by atoms with Crippen molar-refractivity contribution >= 4 is 5.97 Å². The van der Waals surface area contributed by atoms with Crippen LogP contribution in [0.2, 0.25) is 0 Å². The number of carboxylic acids is 1. The predicted molar refractivity (Wildman–Crippen MR) is 73.2 cm³/mol. The molecule has 19 heavy (non-hydrogen) atoms. The molecule has 1 aliphatic rings. The molecular formula is C14H21N3O2. The van der Waals surface area contributed by atoms with Crippen LogP contribution < -0.4 is 5.32 Å². The van der Waals surface area contributed by atoms with Crippen LogP contribution in [0.3, 0.4) is 0 Å². The zero-order valence-corrected chi connectivity index (χ0v) is 11.5. The summed E-state index contributed by atoms with van der Waals surface area (Å²) in [6, 6.07) is 5.10. The fraction of sp³-hybridized carbons (Fsp3) is 0.571. The standard InChI is InChI=1S/C14H21N3O2/c1-17(2)14(7-4-8-14)10-15-9-11-5-3-6-12(16-11)13(18)19/h3,5-6,15H,4,7-10H2,1-2H3,(H,18,19). The first-order chi connectivity index (χ1) is 9.03. The molecule has 2 N–H and O–H groups in total. The van der Waals surface area contributed by atoms with Crippen molar-refractivity contribution in [2.45, 2.75) is 31.3 Å². The molecule has 1 fully saturated rings. The SMILES string of the molecule is CN(C)C1(CNCc2cccc(C(=O)O)n2)CCC1. The Hall–Kier alpha value is -1.46. The third kappa shape index (κ3) is 3.11. The number of likely N-dealkylation sites (N-methyl/N-ethyl adjacent to an activating group) is 1. The number of hydrogen-bond donors (Lipinski definition) is 2. The van der Waals surface area contributed by atoms with Crippen LogP contribution in [0.25, 0.3) is 0 Å². The minimum absolute atomic E-state index is 0.102. The summed E-state index contributed by atoms with van der Waals surface area (Å²) in [6.45, 7) is 1.52. The number of nitrogens with one attached hydrogen (secondary N) is 1. The summed E-state index contributed by atoms with van der Waals surface area (Å²) in [5.41, 5.74) is 1.14. The van der Waals surface area contributed by atoms with Gasteiger partial charge in [-0.15, -0.1) is 0 Å². The fourth-order valence-electron chi connectivity index (χ4n) is 2.49. The minimum atomic E-state index is -0.981. The first kappa shape index (κ1) is 14.0. The van der Waals surface area contributed by atoms with E-state index in [4.69, 9.17) is 5.11 Å². The van der Waals surface area contributed by atoms with E-state index in [1.165, 1.54) is 25.3 Å². The molecule has 0 amide bonds. The molecule has 5 heteroatoms. The Kier molecular flexibility index (Phi) is 4.17. The summed E-state index contributed by atoms with van der Waals surface area (Å²) in [5, 5.41) is 12.3. The molecule has 1 saturated carbocycles. The van der Waals surface area contributed by atoms with Crippen LogP contribution in [0.1, 0.15) is 35.4 Å². The maximum atomic E-state index is 10.8. The van der Waals surface area contributed by atoms with E-state index in [1.807, 2.05) is 6.07 Å². The molecule has 0 aromatic carbocycles. The van der Waals surface area contributed by atoms with Gasteiger partial charge >= 0.3 is 5.97 Å². The maximum Gasteiger partial charge on any atom is 0.354 e. The number of carbonyl (C=O) groups is 1. The lowest BCUT2D eigenvalue weighted by Gasteiger charge is -2.47. The van der Waals surface area contributed by atoms with Gasteiger partial charge in [0, 0.05) is 18.6 Å². The third-order valence-electron chi connectivity index (χ3n) is 4.02. The van der Waals surface area contributed by atoms with Gasteiger partial charge in [-0.3, -0.25) is 0 Å². The smallest absolute Gasteiger partial charge is 0.354 e. The van der Waals surface area contributed by atoms with Crippen molar-refractivity contribution in [2.24, 2.45) is 0 Å². The molecule has 0 unspecified atom stereocenters. The van der Waals surface area contributed by atoms with Gasteiger partial charge in [0.25, 0.3) is 0 Å². The summed E-state index contributed by atoms with van der Waals surface area (Å²) in [5.74, 6) is -0.981. The Morgan fingerprint density at radius 2 is 2.21 bits per heavy atom. The second kappa shape index (κ2) is 5.67. The highest BCUT2D eigenvalue weighted by molar-refractivity contribution is 5.85. The van der Waals surface area contributed by atoms with Crippen molar-refractivity contribution in [1.29, 1.82) is 0 Å². The Morgan fingerprint density at radius 3 is 2.74 bits per heavy atom. The normalized spacial score (nSPS) is 17.2. The average Bonchev–Trinajstić information content (AvgIpc) is 2.32. The molecule has 0 radical (unpaired) electrons. The molecular weight excluding hydrogens is 242 g/mol. The van der Waals surface area contributed by atoms with Gasteiger partial charge in [-0.05, 0) is 45.5 Å². The van der Waals surface area contributed by atoms with Crippen molar-refractivity contribution in [3.8, 4) is 0 Å². The van der Waals surface area contributed by atoms with Gasteiger partial charge in [0.15, 0.2) is 0 Å². The molecule has 5 nitrogen and oxygen atoms in total. The van der Waals surface area contributed by atoms with Gasteiger partial charge in [0.1, 0.15) is 5.69 Å². The van der Waals surface area contributed by atoms with E-state index >= 15 is 0 Å². The number of hydrogen-bond acceptors (Lipinski definition) is 4. The number of nitrogens with zero attached hydrogens (tertiary/aromatic N) is 2. The van der Waals surface area contributed by atoms with Crippen LogP contribution in [-0.4, -0.2) is 47.1 Å². The van der Waals surface area contributed by atoms with E-state index in [2.05, 4.69) is 29.3 Å². The lowest BCUT2D eigenvalue weighted by Crippen LogP contribution is -2.56. The zero-order chi connectivity index (χ0) is 13.9. The molecule has 1 heterocycles. The monoisotopic (exact) mass is 263 g/mol. The van der Waals surface area contributed by atoms with Crippen LogP contribution in [0, 0.1) is 0 Å². The largest absolute Gasteiger partial charge is 0.477 e. The summed E-state index contributed by atoms with van der Waals surface area (Å²) < 4.78 is 0. The quantitative estimate of drug-likeness (QED) is 0.811. The molecule has 1 aromatic rings. The molecule has 2 rings (SSSR count). The van der Waals surface area contributed by atoms with E-state index in [0.29, 0.717) is 6.54 Å². The third-order valence-corrected chi connectivity index (χ3v) is 4.02. The van der Waals surface area contributed by atoms with Crippen LogP contribution >= 0.6 is 0 Å². The van der Waals surface area contributed by atoms with Gasteiger partial charge in [-0.25, -0.2) is 9.78 Å².